The average Bonchev–Trinajstić information content (AvgIpc) is 3.46. The molecule has 3 heterocycles. The quantitative estimate of drug-likeness (QED) is 0.279. The Hall–Kier alpha value is -3.35. The molecule has 2 aliphatic heterocycles. The monoisotopic (exact) mass is 606 g/mol. The number of anilines is 1. The van der Waals surface area contributed by atoms with Crippen LogP contribution in [-0.4, -0.2) is 81.6 Å². The molecule has 1 amide bonds. The van der Waals surface area contributed by atoms with Crippen LogP contribution in [0.25, 0.3) is 10.2 Å². The molecule has 1 aromatic heterocycles. The second-order valence-electron chi connectivity index (χ2n) is 10.5. The number of benzene rings is 3. The number of hydrogen-bond donors (Lipinski definition) is 0. The van der Waals surface area contributed by atoms with E-state index in [9.17, 15) is 13.2 Å². The van der Waals surface area contributed by atoms with Crippen LogP contribution >= 0.6 is 11.3 Å². The van der Waals surface area contributed by atoms with E-state index in [0.29, 0.717) is 42.5 Å². The summed E-state index contributed by atoms with van der Waals surface area (Å²) in [6.45, 7) is 5.32. The minimum atomic E-state index is -3.70. The van der Waals surface area contributed by atoms with Crippen molar-refractivity contribution in [2.24, 2.45) is 0 Å². The van der Waals surface area contributed by atoms with Crippen molar-refractivity contribution >= 4 is 42.6 Å². The van der Waals surface area contributed by atoms with Crippen LogP contribution in [-0.2, 0) is 27.7 Å². The number of nitrogens with zero attached hydrogens (tertiary/aromatic N) is 4. The Bertz CT molecular complexity index is 1670. The summed E-state index contributed by atoms with van der Waals surface area (Å²) in [5.41, 5.74) is 3.40. The van der Waals surface area contributed by atoms with Gasteiger partial charge in [-0.1, -0.05) is 35.6 Å². The first-order valence-electron chi connectivity index (χ1n) is 14.2. The van der Waals surface area contributed by atoms with Gasteiger partial charge in [0.05, 0.1) is 35.4 Å². The molecule has 0 atom stereocenters. The number of rotatable bonds is 9. The van der Waals surface area contributed by atoms with Gasteiger partial charge in [-0.2, -0.15) is 4.31 Å². The third-order valence-electron chi connectivity index (χ3n) is 7.85. The molecule has 0 saturated carbocycles. The van der Waals surface area contributed by atoms with Crippen LogP contribution in [0.3, 0.4) is 0 Å². The van der Waals surface area contributed by atoms with Gasteiger partial charge >= 0.3 is 0 Å². The van der Waals surface area contributed by atoms with Crippen molar-refractivity contribution in [2.75, 3.05) is 57.9 Å². The van der Waals surface area contributed by atoms with Gasteiger partial charge in [0.15, 0.2) is 5.13 Å². The normalized spacial score (nSPS) is 16.3. The molecule has 4 aromatic rings. The van der Waals surface area contributed by atoms with Gasteiger partial charge in [0.1, 0.15) is 5.75 Å². The van der Waals surface area contributed by atoms with Gasteiger partial charge in [0, 0.05) is 50.9 Å². The lowest BCUT2D eigenvalue weighted by Crippen LogP contribution is -2.39. The van der Waals surface area contributed by atoms with Gasteiger partial charge in [0.2, 0.25) is 10.0 Å². The van der Waals surface area contributed by atoms with Crippen LogP contribution in [0.5, 0.6) is 5.75 Å². The maximum absolute atomic E-state index is 13.9. The SMILES string of the molecule is COc1ccc2sc(N(CCCN3CCOCC3)C(=O)c3ccc(S(=O)(=O)N4CCc5ccccc5C4)cc3)nc2c1. The third-order valence-corrected chi connectivity index (χ3v) is 10.8. The van der Waals surface area contributed by atoms with E-state index in [-0.39, 0.29) is 10.8 Å². The number of morpholine rings is 1. The number of sulfonamides is 1. The van der Waals surface area contributed by atoms with E-state index < -0.39 is 10.0 Å². The summed E-state index contributed by atoms with van der Waals surface area (Å²) in [6.07, 6.45) is 1.45. The molecule has 0 unspecified atom stereocenters. The summed E-state index contributed by atoms with van der Waals surface area (Å²) in [5.74, 6) is 0.498. The Kier molecular flexibility index (Phi) is 8.55. The Labute approximate surface area is 250 Å². The van der Waals surface area contributed by atoms with E-state index in [4.69, 9.17) is 14.5 Å². The number of carbonyl (C=O) groups excluding carboxylic acids is 1. The van der Waals surface area contributed by atoms with Gasteiger partial charge in [-0.3, -0.25) is 14.6 Å². The fourth-order valence-electron chi connectivity index (χ4n) is 5.45. The Morgan fingerprint density at radius 3 is 2.55 bits per heavy atom. The fourth-order valence-corrected chi connectivity index (χ4v) is 7.84. The van der Waals surface area contributed by atoms with Crippen LogP contribution in [0.2, 0.25) is 0 Å². The number of thiazole rings is 1. The van der Waals surface area contributed by atoms with Crippen LogP contribution in [0.15, 0.2) is 71.6 Å². The van der Waals surface area contributed by atoms with Crippen LogP contribution in [0.1, 0.15) is 27.9 Å². The third kappa shape index (κ3) is 6.06. The molecule has 0 aliphatic carbocycles. The van der Waals surface area contributed by atoms with E-state index in [1.807, 2.05) is 42.5 Å². The van der Waals surface area contributed by atoms with Gasteiger partial charge in [-0.05, 0) is 60.4 Å². The van der Waals surface area contributed by atoms with Gasteiger partial charge < -0.3 is 9.47 Å². The second-order valence-corrected chi connectivity index (χ2v) is 13.4. The molecule has 42 heavy (non-hydrogen) atoms. The first-order valence-corrected chi connectivity index (χ1v) is 16.4. The molecule has 2 aliphatic rings. The molecular weight excluding hydrogens is 572 g/mol. The van der Waals surface area contributed by atoms with Crippen molar-refractivity contribution in [3.8, 4) is 5.75 Å². The summed E-state index contributed by atoms with van der Waals surface area (Å²) >= 11 is 1.46. The Morgan fingerprint density at radius 1 is 1.02 bits per heavy atom. The first-order chi connectivity index (χ1) is 20.4. The van der Waals surface area contributed by atoms with E-state index in [1.165, 1.54) is 33.3 Å². The predicted molar refractivity (Wildman–Crippen MR) is 164 cm³/mol. The van der Waals surface area contributed by atoms with Crippen molar-refractivity contribution in [2.45, 2.75) is 24.3 Å². The van der Waals surface area contributed by atoms with Gasteiger partial charge in [0.25, 0.3) is 5.91 Å². The first kappa shape index (κ1) is 28.8. The van der Waals surface area contributed by atoms with E-state index in [1.54, 1.807) is 24.1 Å². The van der Waals surface area contributed by atoms with Crippen LogP contribution in [0, 0.1) is 0 Å². The molecule has 1 fully saturated rings. The molecule has 0 spiro atoms. The van der Waals surface area contributed by atoms with Crippen molar-refractivity contribution in [3.05, 3.63) is 83.4 Å². The number of amides is 1. The van der Waals surface area contributed by atoms with Crippen molar-refractivity contribution in [3.63, 3.8) is 0 Å². The number of methoxy groups -OCH3 is 1. The number of ether oxygens (including phenoxy) is 2. The molecule has 0 radical (unpaired) electrons. The highest BCUT2D eigenvalue weighted by molar-refractivity contribution is 7.89. The molecule has 1 saturated heterocycles. The van der Waals surface area contributed by atoms with E-state index >= 15 is 0 Å². The smallest absolute Gasteiger partial charge is 0.260 e. The highest BCUT2D eigenvalue weighted by atomic mass is 32.2. The molecule has 0 bridgehead atoms. The predicted octanol–water partition coefficient (Wildman–Crippen LogP) is 4.42. The summed E-state index contributed by atoms with van der Waals surface area (Å²) < 4.78 is 40.2. The Balaban J connectivity index is 1.22. The summed E-state index contributed by atoms with van der Waals surface area (Å²) in [6, 6.07) is 19.9. The maximum atomic E-state index is 13.9. The van der Waals surface area contributed by atoms with Crippen LogP contribution < -0.4 is 9.64 Å². The second kappa shape index (κ2) is 12.5. The average molecular weight is 607 g/mol. The zero-order valence-electron chi connectivity index (χ0n) is 23.6. The number of carbonyl (C=O) groups is 1. The summed E-state index contributed by atoms with van der Waals surface area (Å²) in [4.78, 5) is 22.9. The lowest BCUT2D eigenvalue weighted by molar-refractivity contribution is 0.0376. The highest BCUT2D eigenvalue weighted by Gasteiger charge is 2.29. The van der Waals surface area contributed by atoms with Crippen LogP contribution in [0.4, 0.5) is 5.13 Å². The van der Waals surface area contributed by atoms with Crippen molar-refractivity contribution < 1.29 is 22.7 Å². The number of fused-ring (bicyclic) bond motifs is 2. The number of hydrogen-bond acceptors (Lipinski definition) is 8. The van der Waals surface area contributed by atoms with Crippen molar-refractivity contribution in [1.29, 1.82) is 0 Å². The zero-order chi connectivity index (χ0) is 29.1. The van der Waals surface area contributed by atoms with Gasteiger partial charge in [-0.25, -0.2) is 13.4 Å². The molecule has 6 rings (SSSR count). The molecule has 9 nitrogen and oxygen atoms in total. The largest absolute Gasteiger partial charge is 0.497 e. The molecule has 220 valence electrons. The standard InChI is InChI=1S/C31H34N4O5S2/c1-39-26-9-12-29-28(21-26)32-31(41-29)35(15-4-14-33-17-19-40-20-18-33)30(36)24-7-10-27(11-8-24)42(37,38)34-16-13-23-5-2-3-6-25(23)22-34/h2-3,5-12,21H,4,13-20,22H2,1H3. The minimum absolute atomic E-state index is 0.185. The van der Waals surface area contributed by atoms with Crippen molar-refractivity contribution in [1.82, 2.24) is 14.2 Å². The molecule has 0 N–H and O–H groups in total. The molecular formula is C31H34N4O5S2. The molecule has 11 heteroatoms. The van der Waals surface area contributed by atoms with E-state index in [0.717, 1.165) is 55.0 Å². The fraction of sp³-hybridized carbons (Fsp3) is 0.355. The maximum Gasteiger partial charge on any atom is 0.260 e. The Morgan fingerprint density at radius 2 is 1.79 bits per heavy atom. The lowest BCUT2D eigenvalue weighted by Gasteiger charge is -2.28. The van der Waals surface area contributed by atoms with E-state index in [2.05, 4.69) is 4.90 Å². The zero-order valence-corrected chi connectivity index (χ0v) is 25.2. The lowest BCUT2D eigenvalue weighted by atomic mass is 10.0. The number of aromatic nitrogens is 1. The minimum Gasteiger partial charge on any atom is -0.497 e. The summed E-state index contributed by atoms with van der Waals surface area (Å²) in [7, 11) is -2.08. The van der Waals surface area contributed by atoms with Gasteiger partial charge in [-0.15, -0.1) is 0 Å². The summed E-state index contributed by atoms with van der Waals surface area (Å²) in [5, 5.41) is 0.605. The topological polar surface area (TPSA) is 92.3 Å². The highest BCUT2D eigenvalue weighted by Crippen LogP contribution is 2.32. The molecule has 3 aromatic carbocycles.